The van der Waals surface area contributed by atoms with E-state index in [9.17, 15) is 14.4 Å². The Kier molecular flexibility index (Phi) is 7.84. The summed E-state index contributed by atoms with van der Waals surface area (Å²) < 4.78 is 3.97. The number of rotatable bonds is 9. The zero-order valence-electron chi connectivity index (χ0n) is 18.6. The first-order valence-corrected chi connectivity index (χ1v) is 11.9. The third kappa shape index (κ3) is 5.27. The van der Waals surface area contributed by atoms with Crippen molar-refractivity contribution < 1.29 is 14.4 Å². The highest BCUT2D eigenvalue weighted by molar-refractivity contribution is 7.09. The molecular weight excluding hydrogens is 426 g/mol. The van der Waals surface area contributed by atoms with Gasteiger partial charge < -0.3 is 16.8 Å². The minimum absolute atomic E-state index is 0.0457. The van der Waals surface area contributed by atoms with E-state index in [-0.39, 0.29) is 28.2 Å². The van der Waals surface area contributed by atoms with E-state index in [1.165, 1.54) is 4.90 Å². The number of nitrogens with one attached hydrogen (secondary N) is 1. The minimum atomic E-state index is -0.790. The van der Waals surface area contributed by atoms with Gasteiger partial charge in [0.05, 0.1) is 5.69 Å². The summed E-state index contributed by atoms with van der Waals surface area (Å²) in [5, 5.41) is 3.15. The average molecular weight is 458 g/mol. The second-order valence-corrected chi connectivity index (χ2v) is 9.07. The van der Waals surface area contributed by atoms with Gasteiger partial charge in [-0.05, 0) is 55.4 Å². The predicted molar refractivity (Wildman–Crippen MR) is 127 cm³/mol. The Morgan fingerprint density at radius 2 is 2.00 bits per heavy atom. The lowest BCUT2D eigenvalue weighted by atomic mass is 10.0. The molecule has 172 valence electrons. The van der Waals surface area contributed by atoms with Crippen LogP contribution in [-0.2, 0) is 4.79 Å². The molecule has 32 heavy (non-hydrogen) atoms. The van der Waals surface area contributed by atoms with Gasteiger partial charge in [0.15, 0.2) is 5.69 Å². The van der Waals surface area contributed by atoms with E-state index in [2.05, 4.69) is 9.69 Å². The molecular formula is C23H31N5O3S. The van der Waals surface area contributed by atoms with Crippen LogP contribution >= 0.6 is 11.5 Å². The molecule has 1 aliphatic carbocycles. The highest BCUT2D eigenvalue weighted by Gasteiger charge is 2.35. The number of nitrogen functional groups attached to an aromatic ring is 1. The van der Waals surface area contributed by atoms with Gasteiger partial charge in [0.2, 0.25) is 5.91 Å². The zero-order valence-corrected chi connectivity index (χ0v) is 19.4. The minimum Gasteiger partial charge on any atom is -0.395 e. The summed E-state index contributed by atoms with van der Waals surface area (Å²) in [5.41, 5.74) is 12.8. The van der Waals surface area contributed by atoms with E-state index in [1.54, 1.807) is 6.07 Å². The molecule has 1 saturated carbocycles. The van der Waals surface area contributed by atoms with Gasteiger partial charge in [-0.2, -0.15) is 4.37 Å². The van der Waals surface area contributed by atoms with Gasteiger partial charge in [-0.15, -0.1) is 0 Å². The quantitative estimate of drug-likeness (QED) is 0.531. The molecule has 9 heteroatoms. The van der Waals surface area contributed by atoms with Crippen LogP contribution in [0.3, 0.4) is 0 Å². The number of primary amides is 1. The SMILES string of the molecule is CCCC[C@H](C(=O)NC1CCCC1)N(C(=O)c1snc(C(N)=O)c1N)c1cccc(C)c1. The number of nitrogens with zero attached hydrogens (tertiary/aromatic N) is 2. The molecule has 1 aromatic heterocycles. The van der Waals surface area contributed by atoms with Crippen LogP contribution in [0.4, 0.5) is 11.4 Å². The van der Waals surface area contributed by atoms with Crippen LogP contribution in [0.5, 0.6) is 0 Å². The summed E-state index contributed by atoms with van der Waals surface area (Å²) in [5.74, 6) is -1.42. The van der Waals surface area contributed by atoms with E-state index in [0.29, 0.717) is 12.1 Å². The number of aryl methyl sites for hydroxylation is 1. The number of unbranched alkanes of at least 4 members (excludes halogenated alkanes) is 1. The van der Waals surface area contributed by atoms with Crippen molar-refractivity contribution in [3.8, 4) is 0 Å². The second kappa shape index (κ2) is 10.6. The first kappa shape index (κ1) is 23.7. The van der Waals surface area contributed by atoms with Crippen molar-refractivity contribution in [1.29, 1.82) is 0 Å². The molecule has 0 bridgehead atoms. The van der Waals surface area contributed by atoms with E-state index >= 15 is 0 Å². The fourth-order valence-electron chi connectivity index (χ4n) is 4.10. The Hall–Kier alpha value is -2.94. The van der Waals surface area contributed by atoms with Crippen molar-refractivity contribution in [3.63, 3.8) is 0 Å². The summed E-state index contributed by atoms with van der Waals surface area (Å²) in [6.07, 6.45) is 6.27. The van der Waals surface area contributed by atoms with Gasteiger partial charge in [-0.1, -0.05) is 44.7 Å². The standard InChI is InChI=1S/C23H31N5O3S/c1-3-4-12-17(22(30)26-15-9-5-6-10-15)28(16-11-7-8-14(2)13-16)23(31)20-18(24)19(21(25)29)27-32-20/h7-8,11,13,15,17H,3-6,9-10,12,24H2,1-2H3,(H2,25,29)(H,26,30)/t17-/m1/s1. The smallest absolute Gasteiger partial charge is 0.272 e. The number of hydrogen-bond acceptors (Lipinski definition) is 6. The van der Waals surface area contributed by atoms with Crippen LogP contribution < -0.4 is 21.7 Å². The fraction of sp³-hybridized carbons (Fsp3) is 0.478. The van der Waals surface area contributed by atoms with Crippen LogP contribution in [-0.4, -0.2) is 34.2 Å². The number of carbonyl (C=O) groups is 3. The Morgan fingerprint density at radius 1 is 1.28 bits per heavy atom. The summed E-state index contributed by atoms with van der Waals surface area (Å²) in [6.45, 7) is 3.98. The molecule has 1 atom stereocenters. The molecule has 1 aromatic carbocycles. The van der Waals surface area contributed by atoms with Crippen LogP contribution in [0.15, 0.2) is 24.3 Å². The molecule has 5 N–H and O–H groups in total. The van der Waals surface area contributed by atoms with E-state index in [4.69, 9.17) is 11.5 Å². The van der Waals surface area contributed by atoms with Crippen molar-refractivity contribution in [2.75, 3.05) is 10.6 Å². The monoisotopic (exact) mass is 457 g/mol. The largest absolute Gasteiger partial charge is 0.395 e. The maximum absolute atomic E-state index is 13.7. The summed E-state index contributed by atoms with van der Waals surface area (Å²) in [4.78, 5) is 40.4. The molecule has 1 fully saturated rings. The molecule has 0 unspecified atom stereocenters. The van der Waals surface area contributed by atoms with E-state index < -0.39 is 17.9 Å². The fourth-order valence-corrected chi connectivity index (χ4v) is 4.84. The Labute approximate surface area is 192 Å². The molecule has 0 aliphatic heterocycles. The number of carbonyl (C=O) groups excluding carboxylic acids is 3. The highest BCUT2D eigenvalue weighted by atomic mass is 32.1. The molecule has 3 rings (SSSR count). The van der Waals surface area contributed by atoms with E-state index in [0.717, 1.165) is 55.6 Å². The summed E-state index contributed by atoms with van der Waals surface area (Å²) in [6, 6.07) is 6.88. The van der Waals surface area contributed by atoms with Crippen molar-refractivity contribution in [2.45, 2.75) is 70.9 Å². The number of nitrogens with two attached hydrogens (primary N) is 2. The van der Waals surface area contributed by atoms with Gasteiger partial charge in [0.1, 0.15) is 10.9 Å². The lowest BCUT2D eigenvalue weighted by molar-refractivity contribution is -0.123. The first-order chi connectivity index (χ1) is 15.3. The van der Waals surface area contributed by atoms with E-state index in [1.807, 2.05) is 32.0 Å². The molecule has 3 amide bonds. The Bertz CT molecular complexity index is 984. The Balaban J connectivity index is 2.03. The summed E-state index contributed by atoms with van der Waals surface area (Å²) >= 11 is 0.827. The van der Waals surface area contributed by atoms with Crippen LogP contribution in [0.2, 0.25) is 0 Å². The van der Waals surface area contributed by atoms with Crippen LogP contribution in [0.1, 0.15) is 77.6 Å². The first-order valence-electron chi connectivity index (χ1n) is 11.1. The van der Waals surface area contributed by atoms with Crippen molar-refractivity contribution in [1.82, 2.24) is 9.69 Å². The molecule has 0 spiro atoms. The van der Waals surface area contributed by atoms with Gasteiger partial charge in [-0.25, -0.2) is 0 Å². The predicted octanol–water partition coefficient (Wildman–Crippen LogP) is 3.40. The molecule has 1 heterocycles. The molecule has 8 nitrogen and oxygen atoms in total. The molecule has 2 aromatic rings. The summed E-state index contributed by atoms with van der Waals surface area (Å²) in [7, 11) is 0. The molecule has 0 saturated heterocycles. The van der Waals surface area contributed by atoms with Crippen LogP contribution in [0, 0.1) is 6.92 Å². The maximum Gasteiger partial charge on any atom is 0.272 e. The molecule has 0 radical (unpaired) electrons. The van der Waals surface area contributed by atoms with Crippen molar-refractivity contribution in [3.05, 3.63) is 40.4 Å². The normalized spacial score (nSPS) is 14.8. The van der Waals surface area contributed by atoms with Crippen LogP contribution in [0.25, 0.3) is 0 Å². The molecule has 1 aliphatic rings. The third-order valence-corrected chi connectivity index (χ3v) is 6.65. The van der Waals surface area contributed by atoms with Crippen molar-refractivity contribution >= 4 is 40.6 Å². The number of hydrogen-bond donors (Lipinski definition) is 3. The highest BCUT2D eigenvalue weighted by Crippen LogP contribution is 2.30. The lowest BCUT2D eigenvalue weighted by Crippen LogP contribution is -2.52. The van der Waals surface area contributed by atoms with Crippen molar-refractivity contribution in [2.24, 2.45) is 5.73 Å². The number of anilines is 2. The topological polar surface area (TPSA) is 131 Å². The third-order valence-electron chi connectivity index (χ3n) is 5.80. The number of amides is 3. The second-order valence-electron chi connectivity index (χ2n) is 8.30. The Morgan fingerprint density at radius 3 is 2.59 bits per heavy atom. The van der Waals surface area contributed by atoms with Gasteiger partial charge in [-0.3, -0.25) is 19.3 Å². The number of benzene rings is 1. The van der Waals surface area contributed by atoms with Gasteiger partial charge in [0.25, 0.3) is 11.8 Å². The zero-order chi connectivity index (χ0) is 23.3. The number of aromatic nitrogens is 1. The van der Waals surface area contributed by atoms with Gasteiger partial charge >= 0.3 is 0 Å². The maximum atomic E-state index is 13.7. The lowest BCUT2D eigenvalue weighted by Gasteiger charge is -2.32. The van der Waals surface area contributed by atoms with Gasteiger partial charge in [0, 0.05) is 11.7 Å². The average Bonchev–Trinajstić information content (AvgIpc) is 3.40.